The van der Waals surface area contributed by atoms with Gasteiger partial charge in [-0.2, -0.15) is 0 Å². The van der Waals surface area contributed by atoms with Crippen molar-refractivity contribution in [2.45, 2.75) is 51.5 Å². The third-order valence-corrected chi connectivity index (χ3v) is 5.34. The number of rotatable bonds is 5. The Labute approximate surface area is 142 Å². The van der Waals surface area contributed by atoms with Crippen molar-refractivity contribution in [3.8, 4) is 0 Å². The largest absolute Gasteiger partial charge is 0.356 e. The lowest BCUT2D eigenvalue weighted by Crippen LogP contribution is -2.45. The molecule has 0 aromatic heterocycles. The zero-order valence-corrected chi connectivity index (χ0v) is 15.5. The van der Waals surface area contributed by atoms with Gasteiger partial charge < -0.3 is 20.4 Å². The Kier molecular flexibility index (Phi) is 8.17. The van der Waals surface area contributed by atoms with Crippen LogP contribution in [0, 0.1) is 5.92 Å². The maximum Gasteiger partial charge on any atom is 0.191 e. The number of aliphatic imine (C=N–C) groups is 1. The fourth-order valence-electron chi connectivity index (χ4n) is 3.63. The fraction of sp³-hybridized carbons (Fsp3) is 0.944. The zero-order chi connectivity index (χ0) is 16.5. The normalized spacial score (nSPS) is 28.4. The Morgan fingerprint density at radius 2 is 1.87 bits per heavy atom. The Bertz CT molecular complexity index is 349. The Hall–Kier alpha value is -0.810. The van der Waals surface area contributed by atoms with E-state index in [2.05, 4.69) is 39.4 Å². The monoisotopic (exact) mass is 323 g/mol. The van der Waals surface area contributed by atoms with Gasteiger partial charge in [-0.3, -0.25) is 4.99 Å². The van der Waals surface area contributed by atoms with Crippen LogP contribution in [0.15, 0.2) is 4.99 Å². The van der Waals surface area contributed by atoms with Crippen LogP contribution in [0.25, 0.3) is 0 Å². The molecule has 0 amide bonds. The molecule has 1 heterocycles. The number of guanidine groups is 1. The van der Waals surface area contributed by atoms with Gasteiger partial charge >= 0.3 is 0 Å². The number of nitrogens with zero attached hydrogens (tertiary/aromatic N) is 3. The molecule has 0 unspecified atom stereocenters. The van der Waals surface area contributed by atoms with Gasteiger partial charge in [0.2, 0.25) is 0 Å². The van der Waals surface area contributed by atoms with E-state index in [4.69, 9.17) is 0 Å². The van der Waals surface area contributed by atoms with E-state index in [0.29, 0.717) is 6.04 Å². The summed E-state index contributed by atoms with van der Waals surface area (Å²) in [5, 5.41) is 7.09. The highest BCUT2D eigenvalue weighted by molar-refractivity contribution is 5.79. The Morgan fingerprint density at radius 3 is 2.61 bits per heavy atom. The minimum atomic E-state index is 0.610. The van der Waals surface area contributed by atoms with Crippen LogP contribution < -0.4 is 10.6 Å². The first kappa shape index (κ1) is 18.5. The van der Waals surface area contributed by atoms with E-state index in [-0.39, 0.29) is 0 Å². The maximum atomic E-state index is 4.38. The molecule has 2 fully saturated rings. The van der Waals surface area contributed by atoms with Crippen molar-refractivity contribution in [1.82, 2.24) is 20.4 Å². The molecule has 1 saturated carbocycles. The predicted octanol–water partition coefficient (Wildman–Crippen LogP) is 1.76. The van der Waals surface area contributed by atoms with Crippen LogP contribution in [0.5, 0.6) is 0 Å². The third-order valence-electron chi connectivity index (χ3n) is 5.34. The van der Waals surface area contributed by atoms with Gasteiger partial charge in [0.25, 0.3) is 0 Å². The van der Waals surface area contributed by atoms with E-state index in [0.717, 1.165) is 18.4 Å². The van der Waals surface area contributed by atoms with E-state index < -0.39 is 0 Å². The lowest BCUT2D eigenvalue weighted by molar-refractivity contribution is 0.273. The lowest BCUT2D eigenvalue weighted by Gasteiger charge is -2.28. The summed E-state index contributed by atoms with van der Waals surface area (Å²) >= 11 is 0. The van der Waals surface area contributed by atoms with Crippen molar-refractivity contribution in [1.29, 1.82) is 0 Å². The van der Waals surface area contributed by atoms with Gasteiger partial charge in [0.05, 0.1) is 0 Å². The summed E-state index contributed by atoms with van der Waals surface area (Å²) in [6, 6.07) is 0.610. The van der Waals surface area contributed by atoms with Crippen LogP contribution >= 0.6 is 0 Å². The van der Waals surface area contributed by atoms with Crippen molar-refractivity contribution in [2.75, 3.05) is 53.4 Å². The van der Waals surface area contributed by atoms with Crippen LogP contribution in [-0.4, -0.2) is 75.2 Å². The molecule has 2 N–H and O–H groups in total. The van der Waals surface area contributed by atoms with Crippen LogP contribution in [0.4, 0.5) is 0 Å². The first-order chi connectivity index (χ1) is 11.2. The highest BCUT2D eigenvalue weighted by Gasteiger charge is 2.18. The Morgan fingerprint density at radius 1 is 1.09 bits per heavy atom. The van der Waals surface area contributed by atoms with Gasteiger partial charge in [0.15, 0.2) is 5.96 Å². The molecule has 1 aliphatic heterocycles. The third kappa shape index (κ3) is 7.08. The van der Waals surface area contributed by atoms with Gasteiger partial charge in [-0.25, -0.2) is 0 Å². The van der Waals surface area contributed by atoms with Crippen molar-refractivity contribution >= 4 is 5.96 Å². The summed E-state index contributed by atoms with van der Waals surface area (Å²) in [7, 11) is 4.11. The second kappa shape index (κ2) is 10.1. The minimum absolute atomic E-state index is 0.610. The first-order valence-electron chi connectivity index (χ1n) is 9.55. The SMILES string of the molecule is CN=C(NCCCN1CCCN(C)CC1)NC1CCC(C)CC1. The second-order valence-corrected chi connectivity index (χ2v) is 7.45. The van der Waals surface area contributed by atoms with Crippen LogP contribution in [0.2, 0.25) is 0 Å². The first-order valence-corrected chi connectivity index (χ1v) is 9.55. The van der Waals surface area contributed by atoms with E-state index in [1.54, 1.807) is 0 Å². The Balaban J connectivity index is 1.58. The smallest absolute Gasteiger partial charge is 0.191 e. The summed E-state index contributed by atoms with van der Waals surface area (Å²) < 4.78 is 0. The van der Waals surface area contributed by atoms with Crippen LogP contribution in [0.1, 0.15) is 45.4 Å². The molecule has 0 spiro atoms. The van der Waals surface area contributed by atoms with Crippen molar-refractivity contribution in [2.24, 2.45) is 10.9 Å². The summed E-state index contributed by atoms with van der Waals surface area (Å²) in [5.41, 5.74) is 0. The predicted molar refractivity (Wildman–Crippen MR) is 99.1 cm³/mol. The zero-order valence-electron chi connectivity index (χ0n) is 15.5. The number of likely N-dealkylation sites (N-methyl/N-ethyl adjacent to an activating group) is 1. The summed E-state index contributed by atoms with van der Waals surface area (Å²) in [4.78, 5) is 9.43. The molecule has 0 bridgehead atoms. The fourth-order valence-corrected chi connectivity index (χ4v) is 3.63. The average molecular weight is 324 g/mol. The van der Waals surface area contributed by atoms with Gasteiger partial charge in [-0.05, 0) is 71.1 Å². The molecule has 23 heavy (non-hydrogen) atoms. The number of hydrogen-bond acceptors (Lipinski definition) is 3. The highest BCUT2D eigenvalue weighted by Crippen LogP contribution is 2.23. The van der Waals surface area contributed by atoms with Crippen molar-refractivity contribution in [3.05, 3.63) is 0 Å². The van der Waals surface area contributed by atoms with Gasteiger partial charge in [-0.15, -0.1) is 0 Å². The van der Waals surface area contributed by atoms with E-state index in [9.17, 15) is 0 Å². The van der Waals surface area contributed by atoms with Gasteiger partial charge in [0.1, 0.15) is 0 Å². The minimum Gasteiger partial charge on any atom is -0.356 e. The van der Waals surface area contributed by atoms with E-state index >= 15 is 0 Å². The van der Waals surface area contributed by atoms with Crippen LogP contribution in [0.3, 0.4) is 0 Å². The molecule has 134 valence electrons. The molecule has 0 aromatic carbocycles. The maximum absolute atomic E-state index is 4.38. The standard InChI is InChI=1S/C18H37N5/c1-16-6-8-17(9-7-16)21-18(19-2)20-10-4-12-23-13-5-11-22(3)14-15-23/h16-17H,4-15H2,1-3H3,(H2,19,20,21). The van der Waals surface area contributed by atoms with Crippen LogP contribution in [-0.2, 0) is 0 Å². The molecule has 2 rings (SSSR count). The molecule has 2 aliphatic rings. The summed E-state index contributed by atoms with van der Waals surface area (Å²) in [6.45, 7) is 9.47. The van der Waals surface area contributed by atoms with Crippen molar-refractivity contribution < 1.29 is 0 Å². The van der Waals surface area contributed by atoms with Crippen molar-refractivity contribution in [3.63, 3.8) is 0 Å². The molecule has 5 heteroatoms. The molecule has 0 aromatic rings. The molecule has 0 atom stereocenters. The molecular weight excluding hydrogens is 286 g/mol. The summed E-state index contributed by atoms with van der Waals surface area (Å²) in [6.07, 6.45) is 7.74. The number of hydrogen-bond donors (Lipinski definition) is 2. The van der Waals surface area contributed by atoms with Gasteiger partial charge in [0, 0.05) is 32.7 Å². The topological polar surface area (TPSA) is 42.9 Å². The van der Waals surface area contributed by atoms with Gasteiger partial charge in [-0.1, -0.05) is 6.92 Å². The highest BCUT2D eigenvalue weighted by atomic mass is 15.2. The molecule has 1 aliphatic carbocycles. The number of nitrogens with one attached hydrogen (secondary N) is 2. The van der Waals surface area contributed by atoms with E-state index in [1.807, 2.05) is 7.05 Å². The lowest BCUT2D eigenvalue weighted by atomic mass is 9.87. The molecule has 5 nitrogen and oxygen atoms in total. The average Bonchev–Trinajstić information content (AvgIpc) is 2.76. The second-order valence-electron chi connectivity index (χ2n) is 7.45. The summed E-state index contributed by atoms with van der Waals surface area (Å²) in [5.74, 6) is 1.89. The quantitative estimate of drug-likeness (QED) is 0.460. The molecular formula is C18H37N5. The van der Waals surface area contributed by atoms with E-state index in [1.165, 1.54) is 71.2 Å². The molecule has 1 saturated heterocycles. The molecule has 0 radical (unpaired) electrons.